The van der Waals surface area contributed by atoms with Gasteiger partial charge in [0, 0.05) is 29.1 Å². The number of benzene rings is 2. The first-order valence-corrected chi connectivity index (χ1v) is 12.9. The maximum absolute atomic E-state index is 13.8. The van der Waals surface area contributed by atoms with Gasteiger partial charge in [-0.2, -0.15) is 0 Å². The minimum Gasteiger partial charge on any atom is -0.497 e. The summed E-state index contributed by atoms with van der Waals surface area (Å²) in [5, 5.41) is 5.05. The summed E-state index contributed by atoms with van der Waals surface area (Å²) >= 11 is 1.65. The molecule has 0 unspecified atom stereocenters. The summed E-state index contributed by atoms with van der Waals surface area (Å²) in [4.78, 5) is 13.7. The molecule has 5 rings (SSSR count). The number of aryl methyl sites for hydroxylation is 4. The van der Waals surface area contributed by atoms with Crippen LogP contribution >= 0.6 is 11.3 Å². The standard InChI is InChI=1S/C29H29FN2O2S/c1-34-25-10-11-27-21(18-25)7-8-22-17-24(9-12-28(33)31-19-26-6-3-15-35-26)32(29(22)27)14-13-20-4-2-5-23(30)16-20/h2-6,10-11,15-18H,7-9,12-14,19H2,1H3,(H,31,33). The van der Waals surface area contributed by atoms with Crippen LogP contribution in [-0.2, 0) is 43.6 Å². The van der Waals surface area contributed by atoms with Crippen LogP contribution in [0.4, 0.5) is 4.39 Å². The number of amides is 1. The van der Waals surface area contributed by atoms with E-state index >= 15 is 0 Å². The minimum atomic E-state index is -0.211. The molecule has 1 N–H and O–H groups in total. The zero-order chi connectivity index (χ0) is 24.2. The number of rotatable bonds is 9. The smallest absolute Gasteiger partial charge is 0.220 e. The number of fused-ring (bicyclic) bond motifs is 3. The van der Waals surface area contributed by atoms with Crippen LogP contribution in [0.25, 0.3) is 11.3 Å². The number of methoxy groups -OCH3 is 1. The molecule has 0 atom stereocenters. The first-order chi connectivity index (χ1) is 17.1. The van der Waals surface area contributed by atoms with Crippen LogP contribution in [0, 0.1) is 5.82 Å². The van der Waals surface area contributed by atoms with Gasteiger partial charge in [-0.05, 0) is 90.2 Å². The van der Waals surface area contributed by atoms with Gasteiger partial charge < -0.3 is 14.6 Å². The van der Waals surface area contributed by atoms with Crippen molar-refractivity contribution in [3.63, 3.8) is 0 Å². The van der Waals surface area contributed by atoms with Crippen molar-refractivity contribution in [3.8, 4) is 17.0 Å². The average molecular weight is 489 g/mol. The number of thiophene rings is 1. The van der Waals surface area contributed by atoms with Gasteiger partial charge in [0.15, 0.2) is 0 Å². The molecule has 4 aromatic rings. The van der Waals surface area contributed by atoms with E-state index < -0.39 is 0 Å². The molecule has 0 aliphatic heterocycles. The van der Waals surface area contributed by atoms with Gasteiger partial charge in [0.25, 0.3) is 0 Å². The van der Waals surface area contributed by atoms with Crippen LogP contribution in [0.5, 0.6) is 5.75 Å². The molecule has 2 heterocycles. The van der Waals surface area contributed by atoms with Gasteiger partial charge in [-0.15, -0.1) is 11.3 Å². The van der Waals surface area contributed by atoms with E-state index in [1.54, 1.807) is 30.6 Å². The lowest BCUT2D eigenvalue weighted by molar-refractivity contribution is -0.121. The Bertz CT molecular complexity index is 1330. The Balaban J connectivity index is 1.40. The highest BCUT2D eigenvalue weighted by atomic mass is 32.1. The normalized spacial score (nSPS) is 12.2. The Labute approximate surface area is 209 Å². The number of aromatic nitrogens is 1. The number of halogens is 1. The zero-order valence-electron chi connectivity index (χ0n) is 19.9. The van der Waals surface area contributed by atoms with E-state index in [1.807, 2.05) is 29.6 Å². The molecule has 35 heavy (non-hydrogen) atoms. The molecular weight excluding hydrogens is 459 g/mol. The SMILES string of the molecule is COc1ccc2c(c1)CCc1cc(CCC(=O)NCc3cccs3)n(CCc3cccc(F)c3)c1-2. The molecule has 2 aromatic heterocycles. The fourth-order valence-corrected chi connectivity index (χ4v) is 5.55. The molecular formula is C29H29FN2O2S. The summed E-state index contributed by atoms with van der Waals surface area (Å²) in [5.41, 5.74) is 7.16. The van der Waals surface area contributed by atoms with Gasteiger partial charge in [0.05, 0.1) is 19.3 Å². The molecule has 1 aliphatic rings. The Morgan fingerprint density at radius 2 is 1.94 bits per heavy atom. The monoisotopic (exact) mass is 488 g/mol. The predicted molar refractivity (Wildman–Crippen MR) is 138 cm³/mol. The molecule has 0 fully saturated rings. The number of hydrogen-bond acceptors (Lipinski definition) is 3. The molecule has 0 saturated heterocycles. The molecule has 0 bridgehead atoms. The fraction of sp³-hybridized carbons (Fsp3) is 0.276. The van der Waals surface area contributed by atoms with Gasteiger partial charge in [0.1, 0.15) is 11.6 Å². The van der Waals surface area contributed by atoms with Gasteiger partial charge in [-0.25, -0.2) is 4.39 Å². The van der Waals surface area contributed by atoms with Crippen molar-refractivity contribution in [2.24, 2.45) is 0 Å². The molecule has 2 aromatic carbocycles. The molecule has 0 saturated carbocycles. The Kier molecular flexibility index (Phi) is 7.00. The van der Waals surface area contributed by atoms with E-state index in [1.165, 1.54) is 28.5 Å². The first-order valence-electron chi connectivity index (χ1n) is 12.0. The molecule has 180 valence electrons. The molecule has 0 spiro atoms. The number of nitrogens with one attached hydrogen (secondary N) is 1. The molecule has 6 heteroatoms. The third-order valence-corrected chi connectivity index (χ3v) is 7.53. The summed E-state index contributed by atoms with van der Waals surface area (Å²) < 4.78 is 21.6. The summed E-state index contributed by atoms with van der Waals surface area (Å²) in [7, 11) is 1.69. The topological polar surface area (TPSA) is 43.3 Å². The summed E-state index contributed by atoms with van der Waals surface area (Å²) in [6.45, 7) is 1.30. The van der Waals surface area contributed by atoms with Crippen LogP contribution in [0.3, 0.4) is 0 Å². The predicted octanol–water partition coefficient (Wildman–Crippen LogP) is 5.95. The first kappa shape index (κ1) is 23.4. The third kappa shape index (κ3) is 5.33. The van der Waals surface area contributed by atoms with Crippen LogP contribution < -0.4 is 10.1 Å². The average Bonchev–Trinajstić information content (AvgIpc) is 3.52. The maximum Gasteiger partial charge on any atom is 0.220 e. The van der Waals surface area contributed by atoms with Crippen molar-refractivity contribution in [3.05, 3.63) is 99.1 Å². The van der Waals surface area contributed by atoms with E-state index in [9.17, 15) is 9.18 Å². The van der Waals surface area contributed by atoms with E-state index in [0.717, 1.165) is 47.7 Å². The number of carbonyl (C=O) groups excluding carboxylic acids is 1. The third-order valence-electron chi connectivity index (χ3n) is 6.65. The second-order valence-electron chi connectivity index (χ2n) is 8.92. The zero-order valence-corrected chi connectivity index (χ0v) is 20.7. The lowest BCUT2D eigenvalue weighted by Crippen LogP contribution is -2.23. The highest BCUT2D eigenvalue weighted by Gasteiger charge is 2.23. The molecule has 1 amide bonds. The van der Waals surface area contributed by atoms with E-state index in [4.69, 9.17) is 4.74 Å². The van der Waals surface area contributed by atoms with Gasteiger partial charge in [-0.1, -0.05) is 18.2 Å². The number of hydrogen-bond donors (Lipinski definition) is 1. The van der Waals surface area contributed by atoms with Gasteiger partial charge in [-0.3, -0.25) is 4.79 Å². The Hall–Kier alpha value is -3.38. The molecule has 1 aliphatic carbocycles. The number of ether oxygens (including phenoxy) is 1. The fourth-order valence-electron chi connectivity index (χ4n) is 4.90. The quantitative estimate of drug-likeness (QED) is 0.316. The van der Waals surface area contributed by atoms with Crippen molar-refractivity contribution >= 4 is 17.2 Å². The largest absolute Gasteiger partial charge is 0.497 e. The highest BCUT2D eigenvalue weighted by Crippen LogP contribution is 2.38. The number of nitrogens with zero attached hydrogens (tertiary/aromatic N) is 1. The van der Waals surface area contributed by atoms with Crippen LogP contribution in [-0.4, -0.2) is 17.6 Å². The minimum absolute atomic E-state index is 0.0550. The summed E-state index contributed by atoms with van der Waals surface area (Å²) in [6.07, 6.45) is 3.75. The van der Waals surface area contributed by atoms with E-state index in [-0.39, 0.29) is 11.7 Å². The van der Waals surface area contributed by atoms with E-state index in [2.05, 4.69) is 28.1 Å². The van der Waals surface area contributed by atoms with Crippen molar-refractivity contribution in [1.82, 2.24) is 9.88 Å². The second kappa shape index (κ2) is 10.5. The summed E-state index contributed by atoms with van der Waals surface area (Å²) in [6, 6.07) is 19.4. The van der Waals surface area contributed by atoms with Gasteiger partial charge in [0.2, 0.25) is 5.91 Å². The van der Waals surface area contributed by atoms with Crippen LogP contribution in [0.2, 0.25) is 0 Å². The van der Waals surface area contributed by atoms with E-state index in [0.29, 0.717) is 19.4 Å². The van der Waals surface area contributed by atoms with Crippen LogP contribution in [0.1, 0.15) is 33.7 Å². The highest BCUT2D eigenvalue weighted by molar-refractivity contribution is 7.09. The summed E-state index contributed by atoms with van der Waals surface area (Å²) in [5.74, 6) is 0.712. The van der Waals surface area contributed by atoms with Crippen molar-refractivity contribution in [1.29, 1.82) is 0 Å². The maximum atomic E-state index is 13.8. The molecule has 0 radical (unpaired) electrons. The van der Waals surface area contributed by atoms with Crippen molar-refractivity contribution in [2.75, 3.05) is 7.11 Å². The second-order valence-corrected chi connectivity index (χ2v) is 9.95. The Morgan fingerprint density at radius 3 is 2.74 bits per heavy atom. The van der Waals surface area contributed by atoms with Crippen molar-refractivity contribution < 1.29 is 13.9 Å². The van der Waals surface area contributed by atoms with Crippen molar-refractivity contribution in [2.45, 2.75) is 45.2 Å². The number of carbonyl (C=O) groups is 1. The lowest BCUT2D eigenvalue weighted by atomic mass is 9.90. The Morgan fingerprint density at radius 1 is 1.06 bits per heavy atom. The van der Waals surface area contributed by atoms with Crippen LogP contribution in [0.15, 0.2) is 66.0 Å². The molecule has 4 nitrogen and oxygen atoms in total. The lowest BCUT2D eigenvalue weighted by Gasteiger charge is -2.21. The van der Waals surface area contributed by atoms with Gasteiger partial charge >= 0.3 is 0 Å².